The molecule has 14 nitrogen and oxygen atoms in total. The van der Waals surface area contributed by atoms with E-state index in [-0.39, 0.29) is 18.9 Å². The van der Waals surface area contributed by atoms with Crippen LogP contribution in [0, 0.1) is 0 Å². The van der Waals surface area contributed by atoms with Gasteiger partial charge >= 0.3 is 0 Å². The number of aliphatic hydroxyl groups is 8. The van der Waals surface area contributed by atoms with E-state index in [1.807, 2.05) is 0 Å². The van der Waals surface area contributed by atoms with Gasteiger partial charge in [-0.1, -0.05) is 134 Å². The lowest BCUT2D eigenvalue weighted by Crippen LogP contribution is -2.65. The number of hydrogen-bond acceptors (Lipinski definition) is 13. The SMILES string of the molecule is CCCCC/C=C\C/C=C\C/C=C\CCCCCCCCC(=O)NC(COC1OC(CO)C(OC2OC(CO)C(O)C(O)C2O)C(O)C1O)C(O)CCCCCCCCC. The summed E-state index contributed by atoms with van der Waals surface area (Å²) >= 11 is 0. The lowest BCUT2D eigenvalue weighted by atomic mass is 9.97. The maximum atomic E-state index is 13.1. The second-order valence-electron chi connectivity index (χ2n) is 16.5. The van der Waals surface area contributed by atoms with Crippen molar-refractivity contribution in [3.8, 4) is 0 Å². The first-order valence-corrected chi connectivity index (χ1v) is 23.2. The Morgan fingerprint density at radius 3 is 1.72 bits per heavy atom. The predicted molar refractivity (Wildman–Crippen MR) is 231 cm³/mol. The molecule has 2 heterocycles. The van der Waals surface area contributed by atoms with Gasteiger partial charge in [0.2, 0.25) is 5.91 Å². The molecule has 0 saturated carbocycles. The predicted octanol–water partition coefficient (Wildman–Crippen LogP) is 4.76. The minimum atomic E-state index is -1.78. The van der Waals surface area contributed by atoms with Gasteiger partial charge in [-0.15, -0.1) is 0 Å². The van der Waals surface area contributed by atoms with Crippen LogP contribution in [0.25, 0.3) is 0 Å². The van der Waals surface area contributed by atoms with Gasteiger partial charge in [0.05, 0.1) is 32.0 Å². The molecule has 2 aliphatic heterocycles. The molecule has 2 rings (SSSR count). The van der Waals surface area contributed by atoms with E-state index in [1.54, 1.807) is 0 Å². The zero-order valence-electron chi connectivity index (χ0n) is 36.7. The number of ether oxygens (including phenoxy) is 4. The summed E-state index contributed by atoms with van der Waals surface area (Å²) < 4.78 is 22.6. The second-order valence-corrected chi connectivity index (χ2v) is 16.5. The lowest BCUT2D eigenvalue weighted by Gasteiger charge is -2.46. The Hall–Kier alpha value is -1.79. The quantitative estimate of drug-likeness (QED) is 0.0315. The van der Waals surface area contributed by atoms with E-state index in [9.17, 15) is 45.6 Å². The van der Waals surface area contributed by atoms with Crippen LogP contribution in [0.4, 0.5) is 0 Å². The zero-order chi connectivity index (χ0) is 44.0. The summed E-state index contributed by atoms with van der Waals surface area (Å²) in [5.41, 5.74) is 0. The molecule has 0 aromatic carbocycles. The fourth-order valence-corrected chi connectivity index (χ4v) is 7.48. The van der Waals surface area contributed by atoms with E-state index < -0.39 is 86.8 Å². The summed E-state index contributed by atoms with van der Waals surface area (Å²) in [6.45, 7) is 2.73. The van der Waals surface area contributed by atoms with Crippen molar-refractivity contribution in [1.29, 1.82) is 0 Å². The van der Waals surface area contributed by atoms with E-state index >= 15 is 0 Å². The average Bonchev–Trinajstić information content (AvgIpc) is 3.24. The molecule has 2 aliphatic rings. The molecule has 12 unspecified atom stereocenters. The third-order valence-corrected chi connectivity index (χ3v) is 11.4. The minimum absolute atomic E-state index is 0.226. The molecule has 0 radical (unpaired) electrons. The summed E-state index contributed by atoms with van der Waals surface area (Å²) in [5, 5.41) is 86.4. The Morgan fingerprint density at radius 2 is 1.10 bits per heavy atom. The summed E-state index contributed by atoms with van der Waals surface area (Å²) in [4.78, 5) is 13.1. The Labute approximate surface area is 360 Å². The van der Waals surface area contributed by atoms with Gasteiger partial charge in [-0.05, 0) is 51.4 Å². The van der Waals surface area contributed by atoms with Crippen LogP contribution in [-0.4, -0.2) is 140 Å². The van der Waals surface area contributed by atoms with Crippen LogP contribution in [0.1, 0.15) is 155 Å². The highest BCUT2D eigenvalue weighted by molar-refractivity contribution is 5.76. The molecule has 12 atom stereocenters. The molecule has 2 fully saturated rings. The van der Waals surface area contributed by atoms with Crippen molar-refractivity contribution in [3.63, 3.8) is 0 Å². The molecule has 0 aromatic heterocycles. The van der Waals surface area contributed by atoms with Crippen LogP contribution in [-0.2, 0) is 23.7 Å². The molecule has 0 bridgehead atoms. The number of nitrogens with one attached hydrogen (secondary N) is 1. The number of unbranched alkanes of at least 4 members (excludes halogenated alkanes) is 15. The summed E-state index contributed by atoms with van der Waals surface area (Å²) in [7, 11) is 0. The van der Waals surface area contributed by atoms with Crippen molar-refractivity contribution in [2.75, 3.05) is 19.8 Å². The van der Waals surface area contributed by atoms with E-state index in [1.165, 1.54) is 38.5 Å². The number of rotatable bonds is 34. The van der Waals surface area contributed by atoms with Gasteiger partial charge in [0.1, 0.15) is 48.8 Å². The Kier molecular flexibility index (Phi) is 30.5. The molecule has 60 heavy (non-hydrogen) atoms. The number of aliphatic hydroxyl groups excluding tert-OH is 8. The molecule has 1 amide bonds. The fraction of sp³-hybridized carbons (Fsp3) is 0.848. The molecule has 0 spiro atoms. The maximum absolute atomic E-state index is 13.1. The Bertz CT molecular complexity index is 1150. The molecule has 14 heteroatoms. The summed E-state index contributed by atoms with van der Waals surface area (Å²) in [6.07, 6.45) is 18.9. The number of carbonyl (C=O) groups is 1. The number of hydrogen-bond donors (Lipinski definition) is 9. The molecule has 350 valence electrons. The van der Waals surface area contributed by atoms with E-state index in [0.29, 0.717) is 12.8 Å². The number of allylic oxidation sites excluding steroid dienone is 6. The highest BCUT2D eigenvalue weighted by Gasteiger charge is 2.51. The van der Waals surface area contributed by atoms with Crippen LogP contribution in [0.15, 0.2) is 36.5 Å². The van der Waals surface area contributed by atoms with Crippen molar-refractivity contribution >= 4 is 5.91 Å². The van der Waals surface area contributed by atoms with Crippen molar-refractivity contribution in [3.05, 3.63) is 36.5 Å². The third kappa shape index (κ3) is 21.5. The lowest BCUT2D eigenvalue weighted by molar-refractivity contribution is -0.359. The van der Waals surface area contributed by atoms with Gasteiger partial charge in [-0.25, -0.2) is 0 Å². The zero-order valence-corrected chi connectivity index (χ0v) is 36.7. The van der Waals surface area contributed by atoms with Gasteiger partial charge in [0, 0.05) is 6.42 Å². The highest BCUT2D eigenvalue weighted by atomic mass is 16.7. The van der Waals surface area contributed by atoms with Crippen LogP contribution in [0.3, 0.4) is 0 Å². The van der Waals surface area contributed by atoms with E-state index in [0.717, 1.165) is 83.5 Å². The van der Waals surface area contributed by atoms with Gasteiger partial charge in [-0.3, -0.25) is 4.79 Å². The maximum Gasteiger partial charge on any atom is 0.220 e. The van der Waals surface area contributed by atoms with Crippen LogP contribution >= 0.6 is 0 Å². The highest BCUT2D eigenvalue weighted by Crippen LogP contribution is 2.30. The minimum Gasteiger partial charge on any atom is -0.394 e. The first-order valence-electron chi connectivity index (χ1n) is 23.2. The van der Waals surface area contributed by atoms with Crippen molar-refractivity contribution in [2.45, 2.75) is 229 Å². The normalized spacial score (nSPS) is 28.6. The van der Waals surface area contributed by atoms with E-state index in [2.05, 4.69) is 55.6 Å². The number of carbonyl (C=O) groups excluding carboxylic acids is 1. The largest absolute Gasteiger partial charge is 0.394 e. The van der Waals surface area contributed by atoms with Crippen molar-refractivity contribution < 1.29 is 64.6 Å². The first kappa shape index (κ1) is 54.3. The standard InChI is InChI=1S/C46H83NO13/c1-3-5-7-9-11-12-13-14-15-16-17-18-19-20-21-22-24-26-28-30-38(51)47-34(35(50)29-27-25-23-10-8-6-4-2)33-57-45-43(56)41(54)44(37(32-49)59-45)60-46-42(55)40(53)39(52)36(31-48)58-46/h11-12,14-15,17-18,34-37,39-46,48-50,52-56H,3-10,13,16,19-33H2,1-2H3,(H,47,51)/b12-11-,15-14-,18-17-. The summed E-state index contributed by atoms with van der Waals surface area (Å²) in [6, 6.07) is -0.832. The van der Waals surface area contributed by atoms with Gasteiger partial charge in [0.25, 0.3) is 0 Å². The molecular formula is C46H83NO13. The van der Waals surface area contributed by atoms with Gasteiger partial charge < -0.3 is 65.1 Å². The van der Waals surface area contributed by atoms with Crippen LogP contribution in [0.5, 0.6) is 0 Å². The van der Waals surface area contributed by atoms with Crippen LogP contribution in [0.2, 0.25) is 0 Å². The first-order chi connectivity index (χ1) is 29.1. The van der Waals surface area contributed by atoms with Crippen molar-refractivity contribution in [2.24, 2.45) is 0 Å². The van der Waals surface area contributed by atoms with Crippen LogP contribution < -0.4 is 5.32 Å². The average molecular weight is 858 g/mol. The monoisotopic (exact) mass is 858 g/mol. The molecule has 0 aromatic rings. The molecular weight excluding hydrogens is 774 g/mol. The third-order valence-electron chi connectivity index (χ3n) is 11.4. The smallest absolute Gasteiger partial charge is 0.220 e. The summed E-state index contributed by atoms with van der Waals surface area (Å²) in [5.74, 6) is -0.226. The molecule has 0 aliphatic carbocycles. The Morgan fingerprint density at radius 1 is 0.600 bits per heavy atom. The Balaban J connectivity index is 1.81. The van der Waals surface area contributed by atoms with Crippen molar-refractivity contribution in [1.82, 2.24) is 5.32 Å². The van der Waals surface area contributed by atoms with Gasteiger partial charge in [-0.2, -0.15) is 0 Å². The fourth-order valence-electron chi connectivity index (χ4n) is 7.48. The molecule has 2 saturated heterocycles. The van der Waals surface area contributed by atoms with E-state index in [4.69, 9.17) is 18.9 Å². The molecule has 9 N–H and O–H groups in total. The second kappa shape index (κ2) is 33.7. The van der Waals surface area contributed by atoms with Gasteiger partial charge in [0.15, 0.2) is 12.6 Å². The number of amides is 1. The topological polar surface area (TPSA) is 228 Å².